The molecule has 0 amide bonds. The van der Waals surface area contributed by atoms with Crippen molar-refractivity contribution in [2.75, 3.05) is 6.54 Å². The number of hydrogen-bond donors (Lipinski definition) is 1. The number of nitrogens with two attached hydrogens (primary N) is 1. The predicted molar refractivity (Wildman–Crippen MR) is 54.2 cm³/mol. The molecule has 3 heteroatoms. The van der Waals surface area contributed by atoms with Crippen molar-refractivity contribution in [3.63, 3.8) is 0 Å². The van der Waals surface area contributed by atoms with Gasteiger partial charge in [-0.05, 0) is 64.5 Å². The van der Waals surface area contributed by atoms with E-state index in [0.29, 0.717) is 16.9 Å². The smallest absolute Gasteiger partial charge is 0.137 e. The normalized spacial score (nSPS) is 20.4. The summed E-state index contributed by atoms with van der Waals surface area (Å²) in [7, 11) is 0. The molecule has 0 bridgehead atoms. The lowest BCUT2D eigenvalue weighted by molar-refractivity contribution is 0.619. The standard InChI is InChI=1S/C10H11BrFN/c11-9-4-8-6(3-10(9)12)1-2-7(8)5-13/h3-4,7H,1-2,5,13H2. The summed E-state index contributed by atoms with van der Waals surface area (Å²) in [5.74, 6) is 0.253. The number of benzene rings is 1. The van der Waals surface area contributed by atoms with E-state index in [1.54, 1.807) is 6.07 Å². The molecule has 0 aromatic heterocycles. The molecule has 70 valence electrons. The third-order valence-electron chi connectivity index (χ3n) is 2.67. The van der Waals surface area contributed by atoms with Crippen molar-refractivity contribution in [3.05, 3.63) is 33.5 Å². The van der Waals surface area contributed by atoms with E-state index in [4.69, 9.17) is 5.73 Å². The zero-order valence-corrected chi connectivity index (χ0v) is 8.77. The topological polar surface area (TPSA) is 26.0 Å². The van der Waals surface area contributed by atoms with Gasteiger partial charge in [0.1, 0.15) is 5.82 Å². The van der Waals surface area contributed by atoms with Crippen LogP contribution in [-0.4, -0.2) is 6.54 Å². The minimum atomic E-state index is -0.170. The molecule has 0 saturated carbocycles. The van der Waals surface area contributed by atoms with Crippen LogP contribution in [0.2, 0.25) is 0 Å². The van der Waals surface area contributed by atoms with Crippen LogP contribution in [0, 0.1) is 5.82 Å². The molecule has 0 heterocycles. The minimum Gasteiger partial charge on any atom is -0.330 e. The van der Waals surface area contributed by atoms with Crippen LogP contribution in [0.4, 0.5) is 4.39 Å². The van der Waals surface area contributed by atoms with Crippen molar-refractivity contribution in [2.24, 2.45) is 5.73 Å². The second-order valence-electron chi connectivity index (χ2n) is 3.44. The summed E-state index contributed by atoms with van der Waals surface area (Å²) >= 11 is 3.19. The Morgan fingerprint density at radius 2 is 2.31 bits per heavy atom. The lowest BCUT2D eigenvalue weighted by Crippen LogP contribution is -2.09. The van der Waals surface area contributed by atoms with E-state index >= 15 is 0 Å². The molecule has 13 heavy (non-hydrogen) atoms. The maximum atomic E-state index is 13.1. The summed E-state index contributed by atoms with van der Waals surface area (Å²) in [6.45, 7) is 0.658. The van der Waals surface area contributed by atoms with Crippen LogP contribution >= 0.6 is 15.9 Å². The molecule has 1 aliphatic rings. The highest BCUT2D eigenvalue weighted by Crippen LogP contribution is 2.35. The highest BCUT2D eigenvalue weighted by molar-refractivity contribution is 9.10. The number of fused-ring (bicyclic) bond motifs is 1. The second kappa shape index (κ2) is 3.39. The van der Waals surface area contributed by atoms with E-state index in [0.717, 1.165) is 18.4 Å². The van der Waals surface area contributed by atoms with E-state index in [9.17, 15) is 4.39 Å². The molecule has 1 aliphatic carbocycles. The Labute approximate surface area is 85.3 Å². The van der Waals surface area contributed by atoms with Crippen LogP contribution in [0.3, 0.4) is 0 Å². The van der Waals surface area contributed by atoms with Gasteiger partial charge in [0.05, 0.1) is 4.47 Å². The van der Waals surface area contributed by atoms with E-state index < -0.39 is 0 Å². The van der Waals surface area contributed by atoms with Crippen molar-refractivity contribution in [3.8, 4) is 0 Å². The molecule has 2 N–H and O–H groups in total. The Kier molecular flexibility index (Phi) is 2.39. The fraction of sp³-hybridized carbons (Fsp3) is 0.400. The molecular formula is C10H11BrFN. The molecular weight excluding hydrogens is 233 g/mol. The first-order valence-corrected chi connectivity index (χ1v) is 5.19. The number of halogens is 2. The van der Waals surface area contributed by atoms with Crippen LogP contribution in [0.25, 0.3) is 0 Å². The van der Waals surface area contributed by atoms with E-state index in [1.807, 2.05) is 6.07 Å². The van der Waals surface area contributed by atoms with Gasteiger partial charge in [-0.2, -0.15) is 0 Å². The molecule has 0 fully saturated rings. The monoisotopic (exact) mass is 243 g/mol. The second-order valence-corrected chi connectivity index (χ2v) is 4.29. The lowest BCUT2D eigenvalue weighted by atomic mass is 10.0. The summed E-state index contributed by atoms with van der Waals surface area (Å²) in [5, 5.41) is 0. The average Bonchev–Trinajstić information content (AvgIpc) is 2.48. The van der Waals surface area contributed by atoms with Gasteiger partial charge >= 0.3 is 0 Å². The minimum absolute atomic E-state index is 0.170. The van der Waals surface area contributed by atoms with E-state index in [-0.39, 0.29) is 5.82 Å². The number of hydrogen-bond acceptors (Lipinski definition) is 1. The molecule has 2 rings (SSSR count). The third-order valence-corrected chi connectivity index (χ3v) is 3.28. The first-order chi connectivity index (χ1) is 6.22. The van der Waals surface area contributed by atoms with Gasteiger partial charge in [0.15, 0.2) is 0 Å². The first kappa shape index (κ1) is 9.16. The summed E-state index contributed by atoms with van der Waals surface area (Å²) in [6.07, 6.45) is 2.02. The van der Waals surface area contributed by atoms with Gasteiger partial charge in [0.25, 0.3) is 0 Å². The Balaban J connectivity index is 2.47. The van der Waals surface area contributed by atoms with E-state index in [1.165, 1.54) is 5.56 Å². The SMILES string of the molecule is NCC1CCc2cc(F)c(Br)cc21. The molecule has 0 aliphatic heterocycles. The Morgan fingerprint density at radius 3 is 3.00 bits per heavy atom. The molecule has 1 unspecified atom stereocenters. The molecule has 1 atom stereocenters. The maximum Gasteiger partial charge on any atom is 0.137 e. The van der Waals surface area contributed by atoms with Crippen LogP contribution in [0.15, 0.2) is 16.6 Å². The van der Waals surface area contributed by atoms with Crippen molar-refractivity contribution in [1.82, 2.24) is 0 Å². The quantitative estimate of drug-likeness (QED) is 0.807. The van der Waals surface area contributed by atoms with Gasteiger partial charge in [0, 0.05) is 0 Å². The van der Waals surface area contributed by atoms with Crippen LogP contribution in [0.5, 0.6) is 0 Å². The van der Waals surface area contributed by atoms with Crippen LogP contribution in [0.1, 0.15) is 23.5 Å². The molecule has 1 aromatic rings. The largest absolute Gasteiger partial charge is 0.330 e. The molecule has 0 saturated heterocycles. The van der Waals surface area contributed by atoms with Crippen LogP contribution < -0.4 is 5.73 Å². The van der Waals surface area contributed by atoms with Gasteiger partial charge in [-0.3, -0.25) is 0 Å². The highest BCUT2D eigenvalue weighted by atomic mass is 79.9. The molecule has 1 aromatic carbocycles. The van der Waals surface area contributed by atoms with Gasteiger partial charge in [-0.15, -0.1) is 0 Å². The highest BCUT2D eigenvalue weighted by Gasteiger charge is 2.22. The maximum absolute atomic E-state index is 13.1. The van der Waals surface area contributed by atoms with Crippen LogP contribution in [-0.2, 0) is 6.42 Å². The third kappa shape index (κ3) is 1.51. The fourth-order valence-corrected chi connectivity index (χ4v) is 2.29. The zero-order chi connectivity index (χ0) is 9.42. The average molecular weight is 244 g/mol. The van der Waals surface area contributed by atoms with Gasteiger partial charge in [-0.1, -0.05) is 0 Å². The van der Waals surface area contributed by atoms with Gasteiger partial charge in [-0.25, -0.2) is 4.39 Å². The lowest BCUT2D eigenvalue weighted by Gasteiger charge is -2.08. The Bertz CT molecular complexity index is 338. The van der Waals surface area contributed by atoms with Crippen molar-refractivity contribution in [2.45, 2.75) is 18.8 Å². The summed E-state index contributed by atoms with van der Waals surface area (Å²) < 4.78 is 13.7. The Morgan fingerprint density at radius 1 is 1.54 bits per heavy atom. The molecule has 0 radical (unpaired) electrons. The Hall–Kier alpha value is -0.410. The predicted octanol–water partition coefficient (Wildman–Crippen LogP) is 2.58. The summed E-state index contributed by atoms with van der Waals surface area (Å²) in [6, 6.07) is 3.49. The fourth-order valence-electron chi connectivity index (χ4n) is 1.93. The number of rotatable bonds is 1. The van der Waals surface area contributed by atoms with Gasteiger partial charge in [0.2, 0.25) is 0 Å². The summed E-state index contributed by atoms with van der Waals surface area (Å²) in [5.41, 5.74) is 7.97. The van der Waals surface area contributed by atoms with Gasteiger partial charge < -0.3 is 5.73 Å². The zero-order valence-electron chi connectivity index (χ0n) is 7.19. The van der Waals surface area contributed by atoms with Crippen molar-refractivity contribution in [1.29, 1.82) is 0 Å². The molecule has 0 spiro atoms. The first-order valence-electron chi connectivity index (χ1n) is 4.40. The number of aryl methyl sites for hydroxylation is 1. The summed E-state index contributed by atoms with van der Waals surface area (Å²) in [4.78, 5) is 0. The van der Waals surface area contributed by atoms with Crippen molar-refractivity contribution >= 4 is 15.9 Å². The molecule has 1 nitrogen and oxygen atoms in total. The van der Waals surface area contributed by atoms with E-state index in [2.05, 4.69) is 15.9 Å². The van der Waals surface area contributed by atoms with Crippen molar-refractivity contribution < 1.29 is 4.39 Å².